The molecule has 1 aliphatic heterocycles. The first-order valence-corrected chi connectivity index (χ1v) is 6.92. The summed E-state index contributed by atoms with van der Waals surface area (Å²) in [5.41, 5.74) is 9.90. The molecule has 0 unspecified atom stereocenters. The minimum absolute atomic E-state index is 0.426. The van der Waals surface area contributed by atoms with E-state index >= 15 is 0 Å². The molecule has 4 nitrogen and oxygen atoms in total. The highest BCUT2D eigenvalue weighted by Crippen LogP contribution is 2.23. The average Bonchev–Trinajstić information content (AvgIpc) is 2.57. The van der Waals surface area contributed by atoms with Crippen LogP contribution in [0.15, 0.2) is 84.0 Å². The molecule has 0 fully saturated rings. The highest BCUT2D eigenvalue weighted by Gasteiger charge is 2.13. The lowest BCUT2D eigenvalue weighted by Crippen LogP contribution is -2.15. The number of benzene rings is 1. The first-order valence-electron chi connectivity index (χ1n) is 6.92. The molecule has 0 bridgehead atoms. The summed E-state index contributed by atoms with van der Waals surface area (Å²) in [6, 6.07) is 15.7. The summed E-state index contributed by atoms with van der Waals surface area (Å²) in [5, 5.41) is 3.19. The van der Waals surface area contributed by atoms with Crippen molar-refractivity contribution in [3.05, 3.63) is 90.3 Å². The van der Waals surface area contributed by atoms with Crippen molar-refractivity contribution >= 4 is 17.4 Å². The number of nitrogens with zero attached hydrogens (tertiary/aromatic N) is 2. The fourth-order valence-corrected chi connectivity index (χ4v) is 2.23. The molecule has 0 spiro atoms. The van der Waals surface area contributed by atoms with E-state index in [1.54, 1.807) is 6.20 Å². The van der Waals surface area contributed by atoms with Crippen LogP contribution in [0.1, 0.15) is 11.3 Å². The molecular formula is C18H16N4. The number of aromatic nitrogens is 1. The minimum atomic E-state index is 0.426. The van der Waals surface area contributed by atoms with Gasteiger partial charge in [-0.05, 0) is 17.7 Å². The number of hydrogen-bond acceptors (Lipinski definition) is 4. The van der Waals surface area contributed by atoms with E-state index in [4.69, 9.17) is 5.73 Å². The maximum atomic E-state index is 5.92. The van der Waals surface area contributed by atoms with Crippen LogP contribution in [-0.2, 0) is 0 Å². The quantitative estimate of drug-likeness (QED) is 0.912. The summed E-state index contributed by atoms with van der Waals surface area (Å²) >= 11 is 0. The van der Waals surface area contributed by atoms with E-state index in [1.807, 2.05) is 60.9 Å². The van der Waals surface area contributed by atoms with Crippen LogP contribution in [0, 0.1) is 0 Å². The highest BCUT2D eigenvalue weighted by molar-refractivity contribution is 6.11. The molecule has 108 valence electrons. The largest absolute Gasteiger partial charge is 0.399 e. The first kappa shape index (κ1) is 13.8. The van der Waals surface area contributed by atoms with Gasteiger partial charge in [-0.25, -0.2) is 4.99 Å². The Hall–Kier alpha value is -3.14. The Morgan fingerprint density at radius 2 is 1.82 bits per heavy atom. The van der Waals surface area contributed by atoms with Gasteiger partial charge in [0, 0.05) is 29.9 Å². The van der Waals surface area contributed by atoms with Crippen molar-refractivity contribution in [2.75, 3.05) is 0 Å². The third-order valence-electron chi connectivity index (χ3n) is 3.28. The Bertz CT molecular complexity index is 771. The standard InChI is InChI=1S/C18H16N4/c1-13(19)17(16-9-5-6-10-20-16)18-21-11-15(12-22-18)14-7-3-2-4-8-14/h2-12,21H,1,19H2/b18-17-. The fraction of sp³-hybridized carbons (Fsp3) is 0. The molecule has 0 amide bonds. The Labute approximate surface area is 129 Å². The van der Waals surface area contributed by atoms with Crippen LogP contribution in [0.3, 0.4) is 0 Å². The van der Waals surface area contributed by atoms with E-state index in [0.717, 1.165) is 16.8 Å². The van der Waals surface area contributed by atoms with Gasteiger partial charge in [0.25, 0.3) is 0 Å². The molecule has 0 saturated carbocycles. The highest BCUT2D eigenvalue weighted by atomic mass is 15.0. The zero-order valence-electron chi connectivity index (χ0n) is 12.0. The van der Waals surface area contributed by atoms with Gasteiger partial charge in [-0.15, -0.1) is 0 Å². The van der Waals surface area contributed by atoms with E-state index in [0.29, 0.717) is 17.1 Å². The molecule has 3 N–H and O–H groups in total. The second kappa shape index (κ2) is 6.10. The van der Waals surface area contributed by atoms with Gasteiger partial charge in [0.2, 0.25) is 0 Å². The molecule has 0 radical (unpaired) electrons. The van der Waals surface area contributed by atoms with Gasteiger partial charge < -0.3 is 11.1 Å². The molecule has 0 aliphatic carbocycles. The number of nitrogens with two attached hydrogens (primary N) is 1. The maximum absolute atomic E-state index is 5.92. The zero-order valence-corrected chi connectivity index (χ0v) is 12.0. The van der Waals surface area contributed by atoms with E-state index in [-0.39, 0.29) is 0 Å². The third kappa shape index (κ3) is 2.81. The van der Waals surface area contributed by atoms with Crippen molar-refractivity contribution in [1.82, 2.24) is 10.3 Å². The van der Waals surface area contributed by atoms with Gasteiger partial charge in [-0.1, -0.05) is 43.0 Å². The Balaban J connectivity index is 1.95. The maximum Gasteiger partial charge on any atom is 0.141 e. The summed E-state index contributed by atoms with van der Waals surface area (Å²) in [5.74, 6) is 0.644. The monoisotopic (exact) mass is 288 g/mol. The van der Waals surface area contributed by atoms with Crippen molar-refractivity contribution in [2.24, 2.45) is 10.7 Å². The lowest BCUT2D eigenvalue weighted by molar-refractivity contribution is 1.02. The van der Waals surface area contributed by atoms with Gasteiger partial charge in [-0.2, -0.15) is 0 Å². The van der Waals surface area contributed by atoms with Crippen molar-refractivity contribution in [1.29, 1.82) is 0 Å². The van der Waals surface area contributed by atoms with Crippen LogP contribution >= 0.6 is 0 Å². The number of pyridine rings is 1. The molecule has 0 atom stereocenters. The summed E-state index contributed by atoms with van der Waals surface area (Å²) < 4.78 is 0. The van der Waals surface area contributed by atoms with Crippen LogP contribution in [0.25, 0.3) is 11.1 Å². The Kier molecular flexibility index (Phi) is 3.83. The second-order valence-electron chi connectivity index (χ2n) is 4.83. The molecule has 1 aliphatic rings. The number of hydrogen-bond donors (Lipinski definition) is 2. The molecule has 2 aromatic rings. The fourth-order valence-electron chi connectivity index (χ4n) is 2.23. The lowest BCUT2D eigenvalue weighted by Gasteiger charge is -2.15. The molecule has 4 heteroatoms. The summed E-state index contributed by atoms with van der Waals surface area (Å²) in [7, 11) is 0. The predicted molar refractivity (Wildman–Crippen MR) is 90.5 cm³/mol. The summed E-state index contributed by atoms with van der Waals surface area (Å²) in [4.78, 5) is 8.80. The van der Waals surface area contributed by atoms with Gasteiger partial charge in [0.1, 0.15) is 5.82 Å². The molecule has 22 heavy (non-hydrogen) atoms. The normalized spacial score (nSPS) is 15.7. The van der Waals surface area contributed by atoms with Crippen LogP contribution in [0.2, 0.25) is 0 Å². The van der Waals surface area contributed by atoms with Crippen molar-refractivity contribution < 1.29 is 0 Å². The van der Waals surface area contributed by atoms with Gasteiger partial charge in [-0.3, -0.25) is 4.98 Å². The van der Waals surface area contributed by atoms with E-state index in [2.05, 4.69) is 21.9 Å². The zero-order chi connectivity index (χ0) is 15.4. The third-order valence-corrected chi connectivity index (χ3v) is 3.28. The van der Waals surface area contributed by atoms with Crippen LogP contribution in [-0.4, -0.2) is 11.2 Å². The van der Waals surface area contributed by atoms with Crippen LogP contribution in [0.5, 0.6) is 0 Å². The van der Waals surface area contributed by atoms with Crippen molar-refractivity contribution in [3.8, 4) is 0 Å². The number of allylic oxidation sites excluding steroid dienone is 2. The summed E-state index contributed by atoms with van der Waals surface area (Å²) in [6.45, 7) is 3.83. The topological polar surface area (TPSA) is 63.3 Å². The molecule has 0 saturated heterocycles. The van der Waals surface area contributed by atoms with Crippen LogP contribution in [0.4, 0.5) is 0 Å². The van der Waals surface area contributed by atoms with Gasteiger partial charge in [0.15, 0.2) is 0 Å². The molecule has 1 aromatic heterocycles. The second-order valence-corrected chi connectivity index (χ2v) is 4.83. The number of aliphatic imine (C=N–C) groups is 1. The Morgan fingerprint density at radius 3 is 2.41 bits per heavy atom. The average molecular weight is 288 g/mol. The van der Waals surface area contributed by atoms with E-state index in [1.165, 1.54) is 0 Å². The summed E-state index contributed by atoms with van der Waals surface area (Å²) in [6.07, 6.45) is 5.44. The molecule has 3 rings (SSSR count). The van der Waals surface area contributed by atoms with Gasteiger partial charge >= 0.3 is 0 Å². The van der Waals surface area contributed by atoms with Crippen molar-refractivity contribution in [2.45, 2.75) is 0 Å². The molecular weight excluding hydrogens is 272 g/mol. The number of rotatable bonds is 3. The van der Waals surface area contributed by atoms with E-state index in [9.17, 15) is 0 Å². The van der Waals surface area contributed by atoms with Gasteiger partial charge in [0.05, 0.1) is 11.3 Å². The smallest absolute Gasteiger partial charge is 0.141 e. The predicted octanol–water partition coefficient (Wildman–Crippen LogP) is 2.94. The molecule has 2 heterocycles. The first-order chi connectivity index (χ1) is 10.8. The van der Waals surface area contributed by atoms with Crippen molar-refractivity contribution in [3.63, 3.8) is 0 Å². The van der Waals surface area contributed by atoms with E-state index < -0.39 is 0 Å². The SMILES string of the molecule is C=C(N)/C(=C1/N=CC(c2ccccc2)=CN1)c1ccccn1. The minimum Gasteiger partial charge on any atom is -0.399 e. The molecule has 1 aromatic carbocycles. The lowest BCUT2D eigenvalue weighted by atomic mass is 10.1. The Morgan fingerprint density at radius 1 is 1.05 bits per heavy atom. The number of nitrogens with one attached hydrogen (secondary N) is 1. The van der Waals surface area contributed by atoms with Crippen LogP contribution < -0.4 is 11.1 Å².